The standard InChI is InChI=1S/C12H13FO/c1-14-12-8-10(6-7-11(12)13)9-4-2-3-5-9/h2-3,6-9H,4-5H2,1H3. The van der Waals surface area contributed by atoms with E-state index in [1.807, 2.05) is 6.07 Å². The van der Waals surface area contributed by atoms with E-state index in [0.717, 1.165) is 18.4 Å². The Morgan fingerprint density at radius 2 is 2.00 bits per heavy atom. The van der Waals surface area contributed by atoms with Crippen molar-refractivity contribution in [2.45, 2.75) is 18.8 Å². The van der Waals surface area contributed by atoms with E-state index in [-0.39, 0.29) is 5.82 Å². The lowest BCUT2D eigenvalue weighted by Crippen LogP contribution is -1.95. The molecule has 1 aromatic rings. The summed E-state index contributed by atoms with van der Waals surface area (Å²) in [4.78, 5) is 0. The summed E-state index contributed by atoms with van der Waals surface area (Å²) < 4.78 is 18.1. The van der Waals surface area contributed by atoms with Crippen molar-refractivity contribution in [2.24, 2.45) is 0 Å². The molecule has 1 aliphatic carbocycles. The molecule has 0 radical (unpaired) electrons. The molecule has 0 fully saturated rings. The quantitative estimate of drug-likeness (QED) is 0.653. The third kappa shape index (κ3) is 1.65. The van der Waals surface area contributed by atoms with Crippen LogP contribution in [0.4, 0.5) is 4.39 Å². The molecular formula is C12H13FO. The number of halogens is 1. The molecule has 1 aromatic carbocycles. The summed E-state index contributed by atoms with van der Waals surface area (Å²) in [6.07, 6.45) is 6.44. The number of hydrogen-bond acceptors (Lipinski definition) is 1. The van der Waals surface area contributed by atoms with E-state index in [9.17, 15) is 4.39 Å². The number of allylic oxidation sites excluding steroid dienone is 2. The molecule has 74 valence electrons. The molecule has 0 saturated heterocycles. The number of rotatable bonds is 2. The van der Waals surface area contributed by atoms with E-state index >= 15 is 0 Å². The summed E-state index contributed by atoms with van der Waals surface area (Å²) in [6.45, 7) is 0. The first kappa shape index (κ1) is 9.25. The molecule has 0 unspecified atom stereocenters. The average molecular weight is 192 g/mol. The second-order valence-electron chi connectivity index (χ2n) is 3.53. The van der Waals surface area contributed by atoms with E-state index in [4.69, 9.17) is 4.74 Å². The molecule has 2 rings (SSSR count). The molecule has 2 heteroatoms. The van der Waals surface area contributed by atoms with Gasteiger partial charge in [-0.2, -0.15) is 0 Å². The molecule has 0 bridgehead atoms. The van der Waals surface area contributed by atoms with Crippen molar-refractivity contribution >= 4 is 0 Å². The van der Waals surface area contributed by atoms with Gasteiger partial charge in [0.1, 0.15) is 0 Å². The van der Waals surface area contributed by atoms with Gasteiger partial charge in [-0.3, -0.25) is 0 Å². The Morgan fingerprint density at radius 3 is 2.64 bits per heavy atom. The van der Waals surface area contributed by atoms with Gasteiger partial charge in [0.2, 0.25) is 0 Å². The fraction of sp³-hybridized carbons (Fsp3) is 0.333. The molecule has 0 aliphatic heterocycles. The topological polar surface area (TPSA) is 9.23 Å². The first-order valence-corrected chi connectivity index (χ1v) is 4.79. The molecule has 0 heterocycles. The van der Waals surface area contributed by atoms with Gasteiger partial charge in [0.15, 0.2) is 11.6 Å². The van der Waals surface area contributed by atoms with Crippen LogP contribution in [0.25, 0.3) is 0 Å². The maximum Gasteiger partial charge on any atom is 0.165 e. The highest BCUT2D eigenvalue weighted by molar-refractivity contribution is 5.33. The molecule has 0 aromatic heterocycles. The van der Waals surface area contributed by atoms with Crippen LogP contribution in [0.2, 0.25) is 0 Å². The van der Waals surface area contributed by atoms with Crippen molar-refractivity contribution in [1.29, 1.82) is 0 Å². The minimum atomic E-state index is -0.290. The third-order valence-electron chi connectivity index (χ3n) is 2.65. The van der Waals surface area contributed by atoms with Crippen LogP contribution in [-0.4, -0.2) is 7.11 Å². The van der Waals surface area contributed by atoms with E-state index in [1.54, 1.807) is 6.07 Å². The zero-order chi connectivity index (χ0) is 9.97. The van der Waals surface area contributed by atoms with Crippen LogP contribution in [0.5, 0.6) is 5.75 Å². The minimum absolute atomic E-state index is 0.290. The van der Waals surface area contributed by atoms with Crippen molar-refractivity contribution in [1.82, 2.24) is 0 Å². The number of benzene rings is 1. The van der Waals surface area contributed by atoms with Gasteiger partial charge in [-0.1, -0.05) is 18.2 Å². The molecule has 0 spiro atoms. The van der Waals surface area contributed by atoms with E-state index in [1.165, 1.54) is 13.2 Å². The first-order valence-electron chi connectivity index (χ1n) is 4.79. The van der Waals surface area contributed by atoms with Crippen LogP contribution >= 0.6 is 0 Å². The minimum Gasteiger partial charge on any atom is -0.494 e. The maximum absolute atomic E-state index is 13.1. The Bertz CT molecular complexity index is 349. The van der Waals surface area contributed by atoms with Crippen molar-refractivity contribution in [3.05, 3.63) is 41.7 Å². The van der Waals surface area contributed by atoms with Gasteiger partial charge in [-0.15, -0.1) is 0 Å². The molecule has 14 heavy (non-hydrogen) atoms. The van der Waals surface area contributed by atoms with Gasteiger partial charge >= 0.3 is 0 Å². The highest BCUT2D eigenvalue weighted by atomic mass is 19.1. The second-order valence-corrected chi connectivity index (χ2v) is 3.53. The largest absolute Gasteiger partial charge is 0.494 e. The lowest BCUT2D eigenvalue weighted by molar-refractivity contribution is 0.385. The van der Waals surface area contributed by atoms with Crippen LogP contribution in [0, 0.1) is 5.82 Å². The zero-order valence-corrected chi connectivity index (χ0v) is 8.16. The lowest BCUT2D eigenvalue weighted by atomic mass is 9.97. The summed E-state index contributed by atoms with van der Waals surface area (Å²) in [6, 6.07) is 5.12. The Morgan fingerprint density at radius 1 is 1.29 bits per heavy atom. The molecule has 1 nitrogen and oxygen atoms in total. The fourth-order valence-electron chi connectivity index (χ4n) is 1.82. The lowest BCUT2D eigenvalue weighted by Gasteiger charge is -2.11. The van der Waals surface area contributed by atoms with Gasteiger partial charge < -0.3 is 4.74 Å². The van der Waals surface area contributed by atoms with Crippen molar-refractivity contribution in [3.8, 4) is 5.75 Å². The van der Waals surface area contributed by atoms with Crippen LogP contribution in [0.1, 0.15) is 24.3 Å². The summed E-state index contributed by atoms with van der Waals surface area (Å²) in [5, 5.41) is 0. The Balaban J connectivity index is 2.26. The molecular weight excluding hydrogens is 179 g/mol. The van der Waals surface area contributed by atoms with Crippen LogP contribution in [0.15, 0.2) is 30.4 Å². The average Bonchev–Trinajstić information content (AvgIpc) is 2.71. The fourth-order valence-corrected chi connectivity index (χ4v) is 1.82. The van der Waals surface area contributed by atoms with Crippen molar-refractivity contribution in [2.75, 3.05) is 7.11 Å². The van der Waals surface area contributed by atoms with Crippen LogP contribution < -0.4 is 4.74 Å². The molecule has 0 amide bonds. The number of hydrogen-bond donors (Lipinski definition) is 0. The van der Waals surface area contributed by atoms with Crippen LogP contribution in [0.3, 0.4) is 0 Å². The van der Waals surface area contributed by atoms with E-state index in [0.29, 0.717) is 11.7 Å². The van der Waals surface area contributed by atoms with Gasteiger partial charge in [-0.05, 0) is 36.5 Å². The molecule has 0 N–H and O–H groups in total. The summed E-state index contributed by atoms with van der Waals surface area (Å²) in [7, 11) is 1.50. The van der Waals surface area contributed by atoms with Gasteiger partial charge in [0.25, 0.3) is 0 Å². The summed E-state index contributed by atoms with van der Waals surface area (Å²) >= 11 is 0. The molecule has 1 aliphatic rings. The molecule has 0 atom stereocenters. The molecule has 0 saturated carbocycles. The van der Waals surface area contributed by atoms with Gasteiger partial charge in [0.05, 0.1) is 7.11 Å². The SMILES string of the molecule is COc1cc(C2CC=CC2)ccc1F. The van der Waals surface area contributed by atoms with Gasteiger partial charge in [-0.25, -0.2) is 4.39 Å². The number of methoxy groups -OCH3 is 1. The Hall–Kier alpha value is -1.31. The normalized spacial score (nSPS) is 16.1. The zero-order valence-electron chi connectivity index (χ0n) is 8.16. The van der Waals surface area contributed by atoms with Gasteiger partial charge in [0, 0.05) is 0 Å². The smallest absolute Gasteiger partial charge is 0.165 e. The van der Waals surface area contributed by atoms with Crippen LogP contribution in [-0.2, 0) is 0 Å². The Kier molecular flexibility index (Phi) is 2.53. The highest BCUT2D eigenvalue weighted by Gasteiger charge is 2.14. The summed E-state index contributed by atoms with van der Waals surface area (Å²) in [5.41, 5.74) is 1.16. The predicted octanol–water partition coefficient (Wildman–Crippen LogP) is 3.27. The second kappa shape index (κ2) is 3.82. The summed E-state index contributed by atoms with van der Waals surface area (Å²) in [5.74, 6) is 0.557. The monoisotopic (exact) mass is 192 g/mol. The van der Waals surface area contributed by atoms with E-state index < -0.39 is 0 Å². The third-order valence-corrected chi connectivity index (χ3v) is 2.65. The first-order chi connectivity index (χ1) is 6.81. The predicted molar refractivity (Wildman–Crippen MR) is 54.1 cm³/mol. The number of ether oxygens (including phenoxy) is 1. The Labute approximate surface area is 83.2 Å². The van der Waals surface area contributed by atoms with E-state index in [2.05, 4.69) is 12.2 Å². The van der Waals surface area contributed by atoms with Crippen molar-refractivity contribution < 1.29 is 9.13 Å². The highest BCUT2D eigenvalue weighted by Crippen LogP contribution is 2.31. The maximum atomic E-state index is 13.1. The van der Waals surface area contributed by atoms with Crippen molar-refractivity contribution in [3.63, 3.8) is 0 Å².